The summed E-state index contributed by atoms with van der Waals surface area (Å²) in [4.78, 5) is 27.4. The molecule has 8 heteroatoms. The molecule has 1 aromatic carbocycles. The maximum Gasteiger partial charge on any atom is 0.257 e. The molecule has 0 aliphatic carbocycles. The van der Waals surface area contributed by atoms with Crippen molar-refractivity contribution < 1.29 is 13.2 Å². The molecule has 1 amide bonds. The monoisotopic (exact) mass is 340 g/mol. The Balaban J connectivity index is 1.92. The van der Waals surface area contributed by atoms with E-state index in [1.54, 1.807) is 18.2 Å². The Kier molecular flexibility index (Phi) is 3.70. The number of pyridine rings is 1. The van der Waals surface area contributed by atoms with Crippen molar-refractivity contribution in [1.29, 1.82) is 0 Å². The Morgan fingerprint density at radius 1 is 1.36 bits per heavy atom. The van der Waals surface area contributed by atoms with Crippen LogP contribution < -0.4 is 10.7 Å². The van der Waals surface area contributed by atoms with Gasteiger partial charge in [-0.25, -0.2) is 8.42 Å². The topological polar surface area (TPSA) is 96.1 Å². The largest absolute Gasteiger partial charge is 0.359 e. The van der Waals surface area contributed by atoms with Crippen molar-refractivity contribution in [3.05, 3.63) is 45.2 Å². The Bertz CT molecular complexity index is 920. The zero-order valence-corrected chi connectivity index (χ0v) is 13.0. The van der Waals surface area contributed by atoms with Gasteiger partial charge in [0.1, 0.15) is 5.56 Å². The number of fused-ring (bicyclic) bond motifs is 1. The minimum Gasteiger partial charge on any atom is -0.359 e. The minimum absolute atomic E-state index is 0.0564. The Morgan fingerprint density at radius 3 is 2.82 bits per heavy atom. The van der Waals surface area contributed by atoms with E-state index in [0.29, 0.717) is 22.3 Å². The molecule has 2 heterocycles. The number of benzene rings is 1. The van der Waals surface area contributed by atoms with Crippen molar-refractivity contribution in [2.24, 2.45) is 0 Å². The van der Waals surface area contributed by atoms with Crippen LogP contribution in [0.2, 0.25) is 5.02 Å². The van der Waals surface area contributed by atoms with E-state index in [1.165, 1.54) is 6.20 Å². The van der Waals surface area contributed by atoms with Gasteiger partial charge in [-0.05, 0) is 18.6 Å². The van der Waals surface area contributed by atoms with E-state index in [-0.39, 0.29) is 17.1 Å². The number of aromatic nitrogens is 1. The molecule has 1 aliphatic heterocycles. The number of halogens is 1. The number of amides is 1. The quantitative estimate of drug-likeness (QED) is 0.855. The lowest BCUT2D eigenvalue weighted by molar-refractivity contribution is 0.0940. The van der Waals surface area contributed by atoms with E-state index in [0.717, 1.165) is 0 Å². The molecule has 6 nitrogen and oxygen atoms in total. The third-order valence-corrected chi connectivity index (χ3v) is 5.76. The van der Waals surface area contributed by atoms with Crippen molar-refractivity contribution in [3.8, 4) is 0 Å². The second-order valence-electron chi connectivity index (χ2n) is 5.27. The summed E-state index contributed by atoms with van der Waals surface area (Å²) in [6.45, 7) is 0. The average Bonchev–Trinajstić information content (AvgIpc) is 2.79. The second kappa shape index (κ2) is 5.40. The van der Waals surface area contributed by atoms with Crippen LogP contribution in [0.4, 0.5) is 0 Å². The van der Waals surface area contributed by atoms with Crippen molar-refractivity contribution in [2.75, 3.05) is 11.5 Å². The Morgan fingerprint density at radius 2 is 2.14 bits per heavy atom. The number of sulfone groups is 1. The number of aromatic amines is 1. The van der Waals surface area contributed by atoms with Crippen LogP contribution >= 0.6 is 11.6 Å². The third-order valence-electron chi connectivity index (χ3n) is 3.68. The van der Waals surface area contributed by atoms with Gasteiger partial charge in [0.05, 0.1) is 22.0 Å². The summed E-state index contributed by atoms with van der Waals surface area (Å²) in [6.07, 6.45) is 1.67. The van der Waals surface area contributed by atoms with E-state index in [2.05, 4.69) is 10.3 Å². The molecule has 1 aromatic heterocycles. The number of rotatable bonds is 2. The molecule has 22 heavy (non-hydrogen) atoms. The van der Waals surface area contributed by atoms with Crippen LogP contribution in [-0.4, -0.2) is 36.9 Å². The van der Waals surface area contributed by atoms with E-state index >= 15 is 0 Å². The molecule has 0 unspecified atom stereocenters. The summed E-state index contributed by atoms with van der Waals surface area (Å²) < 4.78 is 22.8. The van der Waals surface area contributed by atoms with Gasteiger partial charge in [-0.15, -0.1) is 0 Å². The number of carbonyl (C=O) groups excluding carboxylic acids is 1. The molecule has 1 atom stereocenters. The van der Waals surface area contributed by atoms with Crippen LogP contribution in [0.15, 0.2) is 29.2 Å². The molecule has 0 spiro atoms. The number of para-hydroxylation sites is 1. The molecule has 2 N–H and O–H groups in total. The summed E-state index contributed by atoms with van der Waals surface area (Å²) >= 11 is 5.99. The van der Waals surface area contributed by atoms with E-state index in [9.17, 15) is 18.0 Å². The first-order valence-electron chi connectivity index (χ1n) is 6.68. The highest BCUT2D eigenvalue weighted by Crippen LogP contribution is 2.19. The fourth-order valence-corrected chi connectivity index (χ4v) is 4.46. The zero-order chi connectivity index (χ0) is 15.9. The number of nitrogens with one attached hydrogen (secondary N) is 2. The molecular weight excluding hydrogens is 328 g/mol. The highest BCUT2D eigenvalue weighted by molar-refractivity contribution is 7.91. The molecule has 0 radical (unpaired) electrons. The second-order valence-corrected chi connectivity index (χ2v) is 7.90. The van der Waals surface area contributed by atoms with Crippen molar-refractivity contribution >= 4 is 38.2 Å². The Labute approximate surface area is 131 Å². The van der Waals surface area contributed by atoms with Crippen molar-refractivity contribution in [2.45, 2.75) is 12.5 Å². The zero-order valence-electron chi connectivity index (χ0n) is 11.4. The maximum absolute atomic E-state index is 12.4. The summed E-state index contributed by atoms with van der Waals surface area (Å²) in [5.74, 6) is -0.609. The lowest BCUT2D eigenvalue weighted by Gasteiger charge is -2.11. The highest BCUT2D eigenvalue weighted by atomic mass is 35.5. The normalized spacial score (nSPS) is 20.1. The van der Waals surface area contributed by atoms with Gasteiger partial charge in [0.15, 0.2) is 9.84 Å². The SMILES string of the molecule is O=C(N[C@H]1CCS(=O)(=O)C1)c1c[nH]c2c(Cl)cccc2c1=O. The first kappa shape index (κ1) is 15.1. The van der Waals surface area contributed by atoms with Gasteiger partial charge in [-0.1, -0.05) is 17.7 Å². The summed E-state index contributed by atoms with van der Waals surface area (Å²) in [5.41, 5.74) is -0.0252. The van der Waals surface area contributed by atoms with Crippen LogP contribution in [0.3, 0.4) is 0 Å². The first-order chi connectivity index (χ1) is 10.4. The smallest absolute Gasteiger partial charge is 0.257 e. The predicted octanol–water partition coefficient (Wildman–Crippen LogP) is 1.10. The van der Waals surface area contributed by atoms with Crippen LogP contribution in [0.5, 0.6) is 0 Å². The number of hydrogen-bond acceptors (Lipinski definition) is 4. The summed E-state index contributed by atoms with van der Waals surface area (Å²) in [7, 11) is -3.09. The third kappa shape index (κ3) is 2.74. The van der Waals surface area contributed by atoms with Gasteiger partial charge in [0.2, 0.25) is 5.43 Å². The van der Waals surface area contributed by atoms with Gasteiger partial charge < -0.3 is 10.3 Å². The van der Waals surface area contributed by atoms with Crippen molar-refractivity contribution in [3.63, 3.8) is 0 Å². The van der Waals surface area contributed by atoms with Crippen LogP contribution in [-0.2, 0) is 9.84 Å². The van der Waals surface area contributed by atoms with Gasteiger partial charge in [-0.3, -0.25) is 9.59 Å². The van der Waals surface area contributed by atoms with E-state index in [4.69, 9.17) is 11.6 Å². The molecule has 0 saturated carbocycles. The molecule has 0 bridgehead atoms. The molecule has 2 aromatic rings. The lowest BCUT2D eigenvalue weighted by Crippen LogP contribution is -2.38. The van der Waals surface area contributed by atoms with Gasteiger partial charge >= 0.3 is 0 Å². The van der Waals surface area contributed by atoms with Crippen molar-refractivity contribution in [1.82, 2.24) is 10.3 Å². The Hall–Kier alpha value is -1.86. The molecule has 116 valence electrons. The predicted molar refractivity (Wildman–Crippen MR) is 84.1 cm³/mol. The maximum atomic E-state index is 12.4. The van der Waals surface area contributed by atoms with E-state index < -0.39 is 27.2 Å². The first-order valence-corrected chi connectivity index (χ1v) is 8.88. The standard InChI is InChI=1S/C14H13ClN2O4S/c15-11-3-1-2-9-12(11)16-6-10(13(9)18)14(19)17-8-4-5-22(20,21)7-8/h1-3,6,8H,4-5,7H2,(H,16,18)(H,17,19)/t8-/m0/s1. The minimum atomic E-state index is -3.09. The number of H-pyrrole nitrogens is 1. The highest BCUT2D eigenvalue weighted by Gasteiger charge is 2.29. The fourth-order valence-electron chi connectivity index (χ4n) is 2.56. The number of carbonyl (C=O) groups is 1. The fraction of sp³-hybridized carbons (Fsp3) is 0.286. The molecule has 1 saturated heterocycles. The van der Waals surface area contributed by atoms with Crippen LogP contribution in [0, 0.1) is 0 Å². The molecule has 1 fully saturated rings. The van der Waals surface area contributed by atoms with E-state index in [1.807, 2.05) is 0 Å². The van der Waals surface area contributed by atoms with Gasteiger partial charge in [0.25, 0.3) is 5.91 Å². The summed E-state index contributed by atoms with van der Waals surface area (Å²) in [6, 6.07) is 4.40. The average molecular weight is 341 g/mol. The molecule has 1 aliphatic rings. The van der Waals surface area contributed by atoms with Gasteiger partial charge in [-0.2, -0.15) is 0 Å². The van der Waals surface area contributed by atoms with Crippen LogP contribution in [0.25, 0.3) is 10.9 Å². The molecular formula is C14H13ClN2O4S. The van der Waals surface area contributed by atoms with Gasteiger partial charge in [0, 0.05) is 17.6 Å². The number of hydrogen-bond donors (Lipinski definition) is 2. The molecule has 3 rings (SSSR count). The lowest BCUT2D eigenvalue weighted by atomic mass is 10.1. The summed E-state index contributed by atoms with van der Waals surface area (Å²) in [5, 5.41) is 3.31. The van der Waals surface area contributed by atoms with Crippen LogP contribution in [0.1, 0.15) is 16.8 Å².